The fourth-order valence-corrected chi connectivity index (χ4v) is 4.16. The van der Waals surface area contributed by atoms with E-state index in [0.29, 0.717) is 21.2 Å². The van der Waals surface area contributed by atoms with E-state index in [1.165, 1.54) is 17.8 Å². The highest BCUT2D eigenvalue weighted by Gasteiger charge is 2.18. The van der Waals surface area contributed by atoms with E-state index >= 15 is 0 Å². The van der Waals surface area contributed by atoms with Gasteiger partial charge in [-0.3, -0.25) is 4.79 Å². The highest BCUT2D eigenvalue weighted by atomic mass is 35.5. The maximum atomic E-state index is 12.5. The first-order chi connectivity index (χ1) is 11.2. The van der Waals surface area contributed by atoms with Crippen molar-refractivity contribution in [2.45, 2.75) is 19.3 Å². The van der Waals surface area contributed by atoms with E-state index in [1.807, 2.05) is 29.6 Å². The zero-order valence-electron chi connectivity index (χ0n) is 12.5. The lowest BCUT2D eigenvalue weighted by atomic mass is 10.1. The van der Waals surface area contributed by atoms with Crippen molar-refractivity contribution < 1.29 is 4.42 Å². The fraction of sp³-hybridized carbons (Fsp3) is 0.278. The van der Waals surface area contributed by atoms with Gasteiger partial charge in [0.2, 0.25) is 5.43 Å². The van der Waals surface area contributed by atoms with Crippen LogP contribution in [0.1, 0.15) is 19.3 Å². The summed E-state index contributed by atoms with van der Waals surface area (Å²) in [5.74, 6) is 0.684. The van der Waals surface area contributed by atoms with E-state index < -0.39 is 0 Å². The maximum absolute atomic E-state index is 12.5. The third-order valence-corrected chi connectivity index (χ3v) is 5.44. The summed E-state index contributed by atoms with van der Waals surface area (Å²) in [4.78, 5) is 14.6. The first kappa shape index (κ1) is 14.8. The second-order valence-electron chi connectivity index (χ2n) is 5.81. The molecule has 0 unspecified atom stereocenters. The summed E-state index contributed by atoms with van der Waals surface area (Å²) in [6.07, 6.45) is 3.54. The van der Waals surface area contributed by atoms with E-state index in [0.717, 1.165) is 37.1 Å². The molecule has 118 valence electrons. The second-order valence-corrected chi connectivity index (χ2v) is 7.13. The molecule has 0 aliphatic carbocycles. The Morgan fingerprint density at radius 3 is 2.74 bits per heavy atom. The molecule has 1 aliphatic rings. The Hall–Kier alpha value is -1.78. The summed E-state index contributed by atoms with van der Waals surface area (Å²) in [6.45, 7) is 1.90. The quantitative estimate of drug-likeness (QED) is 0.642. The molecule has 0 spiro atoms. The van der Waals surface area contributed by atoms with Crippen LogP contribution in [0.5, 0.6) is 0 Å². The molecule has 1 saturated heterocycles. The second kappa shape index (κ2) is 6.02. The van der Waals surface area contributed by atoms with Crippen LogP contribution >= 0.6 is 22.9 Å². The Morgan fingerprint density at radius 1 is 1.13 bits per heavy atom. The minimum absolute atomic E-state index is 0.0325. The zero-order chi connectivity index (χ0) is 15.8. The Kier molecular flexibility index (Phi) is 3.87. The zero-order valence-corrected chi connectivity index (χ0v) is 14.1. The van der Waals surface area contributed by atoms with Crippen LogP contribution in [0.3, 0.4) is 0 Å². The van der Waals surface area contributed by atoms with Crippen molar-refractivity contribution in [3.63, 3.8) is 0 Å². The molecule has 2 aromatic heterocycles. The highest BCUT2D eigenvalue weighted by Crippen LogP contribution is 2.35. The average molecular weight is 346 g/mol. The molecule has 0 atom stereocenters. The van der Waals surface area contributed by atoms with Crippen molar-refractivity contribution in [1.82, 2.24) is 0 Å². The SMILES string of the molecule is O=c1cc(N2CCCCC2)oc2c(-c3cccc(Cl)c3)csc12. The molecule has 3 aromatic rings. The van der Waals surface area contributed by atoms with Crippen LogP contribution in [0.4, 0.5) is 5.88 Å². The minimum atomic E-state index is 0.0325. The van der Waals surface area contributed by atoms with Crippen LogP contribution < -0.4 is 10.3 Å². The fourth-order valence-electron chi connectivity index (χ4n) is 3.06. The van der Waals surface area contributed by atoms with Crippen molar-refractivity contribution in [2.75, 3.05) is 18.0 Å². The van der Waals surface area contributed by atoms with Crippen molar-refractivity contribution >= 4 is 39.1 Å². The average Bonchev–Trinajstić information content (AvgIpc) is 3.00. The smallest absolute Gasteiger partial charge is 0.204 e. The molecule has 1 aliphatic heterocycles. The molecule has 3 heterocycles. The van der Waals surface area contributed by atoms with E-state index in [9.17, 15) is 4.79 Å². The maximum Gasteiger partial charge on any atom is 0.204 e. The van der Waals surface area contributed by atoms with Crippen molar-refractivity contribution in [1.29, 1.82) is 0 Å². The number of anilines is 1. The predicted molar refractivity (Wildman–Crippen MR) is 96.9 cm³/mol. The summed E-state index contributed by atoms with van der Waals surface area (Å²) in [5, 5.41) is 2.65. The Morgan fingerprint density at radius 2 is 1.96 bits per heavy atom. The summed E-state index contributed by atoms with van der Waals surface area (Å²) in [5.41, 5.74) is 2.61. The lowest BCUT2D eigenvalue weighted by Gasteiger charge is -2.26. The van der Waals surface area contributed by atoms with Gasteiger partial charge in [0.1, 0.15) is 4.70 Å². The molecule has 4 rings (SSSR count). The van der Waals surface area contributed by atoms with E-state index in [4.69, 9.17) is 16.0 Å². The largest absolute Gasteiger partial charge is 0.439 e. The van der Waals surface area contributed by atoms with E-state index in [2.05, 4.69) is 4.90 Å². The lowest BCUT2D eigenvalue weighted by molar-refractivity contribution is 0.513. The molecule has 3 nitrogen and oxygen atoms in total. The highest BCUT2D eigenvalue weighted by molar-refractivity contribution is 7.17. The number of benzene rings is 1. The third-order valence-electron chi connectivity index (χ3n) is 4.23. The Bertz CT molecular complexity index is 909. The summed E-state index contributed by atoms with van der Waals surface area (Å²) in [7, 11) is 0. The van der Waals surface area contributed by atoms with Crippen molar-refractivity contribution in [3.05, 3.63) is 51.0 Å². The van der Waals surface area contributed by atoms with Gasteiger partial charge in [0.15, 0.2) is 11.5 Å². The number of fused-ring (bicyclic) bond motifs is 1. The topological polar surface area (TPSA) is 33.5 Å². The molecule has 1 fully saturated rings. The van der Waals surface area contributed by atoms with Crippen LogP contribution in [0.2, 0.25) is 5.02 Å². The number of hydrogen-bond acceptors (Lipinski definition) is 4. The molecule has 0 N–H and O–H groups in total. The Balaban J connectivity index is 1.86. The number of rotatable bonds is 2. The van der Waals surface area contributed by atoms with Gasteiger partial charge in [-0.2, -0.15) is 0 Å². The first-order valence-electron chi connectivity index (χ1n) is 7.78. The predicted octanol–water partition coefficient (Wildman–Crippen LogP) is 5.17. The first-order valence-corrected chi connectivity index (χ1v) is 9.04. The lowest BCUT2D eigenvalue weighted by Crippen LogP contribution is -2.29. The van der Waals surface area contributed by atoms with Gasteiger partial charge in [-0.1, -0.05) is 23.7 Å². The molecule has 5 heteroatoms. The number of piperidine rings is 1. The third kappa shape index (κ3) is 2.77. The molecular weight excluding hydrogens is 330 g/mol. The minimum Gasteiger partial charge on any atom is -0.439 e. The van der Waals surface area contributed by atoms with Crippen LogP contribution in [-0.4, -0.2) is 13.1 Å². The van der Waals surface area contributed by atoms with Gasteiger partial charge in [-0.05, 0) is 37.0 Å². The van der Waals surface area contributed by atoms with Gasteiger partial charge < -0.3 is 9.32 Å². The van der Waals surface area contributed by atoms with E-state index in [-0.39, 0.29) is 5.43 Å². The summed E-state index contributed by atoms with van der Waals surface area (Å²) >= 11 is 7.53. The van der Waals surface area contributed by atoms with Gasteiger partial charge >= 0.3 is 0 Å². The van der Waals surface area contributed by atoms with Gasteiger partial charge in [0, 0.05) is 35.1 Å². The molecule has 0 radical (unpaired) electrons. The van der Waals surface area contributed by atoms with E-state index in [1.54, 1.807) is 6.07 Å². The van der Waals surface area contributed by atoms with Crippen molar-refractivity contribution in [2.24, 2.45) is 0 Å². The monoisotopic (exact) mass is 345 g/mol. The number of halogens is 1. The van der Waals surface area contributed by atoms with Crippen LogP contribution in [-0.2, 0) is 0 Å². The number of hydrogen-bond donors (Lipinski definition) is 0. The van der Waals surface area contributed by atoms with Gasteiger partial charge in [0.05, 0.1) is 0 Å². The van der Waals surface area contributed by atoms with Gasteiger partial charge in [0.25, 0.3) is 0 Å². The molecular formula is C18H16ClNO2S. The molecule has 0 saturated carbocycles. The molecule has 0 bridgehead atoms. The van der Waals surface area contributed by atoms with Crippen LogP contribution in [0.25, 0.3) is 21.4 Å². The summed E-state index contributed by atoms with van der Waals surface area (Å²) < 4.78 is 6.81. The van der Waals surface area contributed by atoms with Gasteiger partial charge in [-0.25, -0.2) is 0 Å². The Labute approximate surface area is 143 Å². The van der Waals surface area contributed by atoms with Crippen molar-refractivity contribution in [3.8, 4) is 11.1 Å². The van der Waals surface area contributed by atoms with Crippen LogP contribution in [0, 0.1) is 0 Å². The number of thiophene rings is 1. The molecule has 23 heavy (non-hydrogen) atoms. The number of nitrogens with zero attached hydrogens (tertiary/aromatic N) is 1. The molecule has 0 amide bonds. The summed E-state index contributed by atoms with van der Waals surface area (Å²) in [6, 6.07) is 9.27. The normalized spacial score (nSPS) is 15.3. The standard InChI is InChI=1S/C18H16ClNO2S/c19-13-6-4-5-12(9-13)14-11-23-18-15(21)10-16(22-17(14)18)20-7-2-1-3-8-20/h4-6,9-11H,1-3,7-8H2. The molecule has 1 aromatic carbocycles. The van der Waals surface area contributed by atoms with Gasteiger partial charge in [-0.15, -0.1) is 11.3 Å². The van der Waals surface area contributed by atoms with Crippen LogP contribution in [0.15, 0.2) is 44.9 Å².